The van der Waals surface area contributed by atoms with Gasteiger partial charge in [0.05, 0.1) is 21.2 Å². The molecule has 7 nitrogen and oxygen atoms in total. The fourth-order valence-electron chi connectivity index (χ4n) is 2.54. The maximum Gasteiger partial charge on any atom is 0.334 e. The van der Waals surface area contributed by atoms with Crippen molar-refractivity contribution in [1.82, 2.24) is 0 Å². The van der Waals surface area contributed by atoms with E-state index in [2.05, 4.69) is 13.2 Å². The first-order chi connectivity index (χ1) is 13.8. The molecule has 0 saturated carbocycles. The molecule has 3 rings (SSSR count). The molecule has 1 heterocycles. The first kappa shape index (κ1) is 20.1. The summed E-state index contributed by atoms with van der Waals surface area (Å²) in [6, 6.07) is 10.1. The van der Waals surface area contributed by atoms with Gasteiger partial charge in [-0.25, -0.2) is 9.59 Å². The monoisotopic (exact) mass is 412 g/mol. The smallest absolute Gasteiger partial charge is 0.334 e. The van der Waals surface area contributed by atoms with Gasteiger partial charge >= 0.3 is 11.9 Å². The van der Waals surface area contributed by atoms with Crippen LogP contribution in [0.25, 0.3) is 20.2 Å². The summed E-state index contributed by atoms with van der Waals surface area (Å²) in [5.41, 5.74) is -0.592. The third-order valence-electron chi connectivity index (χ3n) is 4.06. The standard InChI is InChI=1S/C21H16O7S/c1-11(20(23)24)9-27-14-7-8-15(28-10-12(2)21(25)26)19-17(14)18(22)13-5-3-4-6-16(13)29-19/h3-8H,1-2,9-10H2,(H,23,24)(H,25,26). The van der Waals surface area contributed by atoms with E-state index in [0.717, 1.165) is 4.70 Å². The van der Waals surface area contributed by atoms with Crippen molar-refractivity contribution < 1.29 is 29.3 Å². The lowest BCUT2D eigenvalue weighted by Gasteiger charge is -2.13. The predicted molar refractivity (Wildman–Crippen MR) is 110 cm³/mol. The Hall–Kier alpha value is -3.65. The summed E-state index contributed by atoms with van der Waals surface area (Å²) >= 11 is 1.29. The van der Waals surface area contributed by atoms with E-state index in [1.807, 2.05) is 0 Å². The Bertz CT molecular complexity index is 1220. The number of fused-ring (bicyclic) bond motifs is 2. The van der Waals surface area contributed by atoms with Crippen LogP contribution in [-0.4, -0.2) is 35.4 Å². The molecule has 148 valence electrons. The zero-order valence-electron chi connectivity index (χ0n) is 15.1. The molecule has 0 radical (unpaired) electrons. The summed E-state index contributed by atoms with van der Waals surface area (Å²) in [4.78, 5) is 35.0. The van der Waals surface area contributed by atoms with Crippen LogP contribution in [0.1, 0.15) is 0 Å². The molecule has 2 aromatic carbocycles. The van der Waals surface area contributed by atoms with E-state index in [4.69, 9.17) is 19.7 Å². The van der Waals surface area contributed by atoms with E-state index in [1.165, 1.54) is 17.4 Å². The molecule has 0 aliphatic rings. The first-order valence-electron chi connectivity index (χ1n) is 8.36. The summed E-state index contributed by atoms with van der Waals surface area (Å²) in [5.74, 6) is -1.88. The van der Waals surface area contributed by atoms with Gasteiger partial charge in [-0.1, -0.05) is 25.3 Å². The number of carboxylic acids is 2. The van der Waals surface area contributed by atoms with Crippen LogP contribution in [-0.2, 0) is 9.59 Å². The molecule has 3 aromatic rings. The normalized spacial score (nSPS) is 10.6. The van der Waals surface area contributed by atoms with Crippen LogP contribution >= 0.6 is 11.3 Å². The number of hydrogen-bond donors (Lipinski definition) is 2. The molecule has 29 heavy (non-hydrogen) atoms. The number of carboxylic acid groups (broad SMARTS) is 2. The molecule has 0 saturated heterocycles. The van der Waals surface area contributed by atoms with E-state index in [-0.39, 0.29) is 40.9 Å². The summed E-state index contributed by atoms with van der Waals surface area (Å²) in [5, 5.41) is 18.6. The Kier molecular flexibility index (Phi) is 5.65. The molecule has 0 aliphatic heterocycles. The van der Waals surface area contributed by atoms with Crippen molar-refractivity contribution >= 4 is 43.4 Å². The second kappa shape index (κ2) is 8.15. The quantitative estimate of drug-likeness (QED) is 0.431. The SMILES string of the molecule is C=C(COc1ccc(OCC(=C)C(=O)O)c2c(=O)c3ccccc3sc12)C(=O)O. The highest BCUT2D eigenvalue weighted by Crippen LogP contribution is 2.37. The summed E-state index contributed by atoms with van der Waals surface area (Å²) in [6.45, 7) is 6.29. The molecule has 0 spiro atoms. The van der Waals surface area contributed by atoms with Gasteiger partial charge in [0.1, 0.15) is 24.7 Å². The van der Waals surface area contributed by atoms with Crippen molar-refractivity contribution in [2.45, 2.75) is 0 Å². The highest BCUT2D eigenvalue weighted by Gasteiger charge is 2.17. The second-order valence-electron chi connectivity index (χ2n) is 6.09. The van der Waals surface area contributed by atoms with Crippen LogP contribution in [0.5, 0.6) is 11.5 Å². The third kappa shape index (κ3) is 4.12. The van der Waals surface area contributed by atoms with Gasteiger partial charge in [-0.2, -0.15) is 0 Å². The molecule has 0 unspecified atom stereocenters. The summed E-state index contributed by atoms with van der Waals surface area (Å²) < 4.78 is 12.3. The number of ether oxygens (including phenoxy) is 2. The number of hydrogen-bond acceptors (Lipinski definition) is 6. The fourth-order valence-corrected chi connectivity index (χ4v) is 3.70. The predicted octanol–water partition coefficient (Wildman–Crippen LogP) is 3.45. The van der Waals surface area contributed by atoms with Gasteiger partial charge in [-0.05, 0) is 24.3 Å². The van der Waals surface area contributed by atoms with E-state index < -0.39 is 11.9 Å². The Labute approximate surface area is 168 Å². The lowest BCUT2D eigenvalue weighted by atomic mass is 10.1. The Morgan fingerprint density at radius 1 is 0.897 bits per heavy atom. The fraction of sp³-hybridized carbons (Fsp3) is 0.0952. The van der Waals surface area contributed by atoms with Crippen LogP contribution in [0, 0.1) is 0 Å². The van der Waals surface area contributed by atoms with E-state index in [9.17, 15) is 14.4 Å². The lowest BCUT2D eigenvalue weighted by Crippen LogP contribution is -2.12. The van der Waals surface area contributed by atoms with Gasteiger partial charge in [0.15, 0.2) is 5.43 Å². The van der Waals surface area contributed by atoms with Crippen molar-refractivity contribution in [1.29, 1.82) is 0 Å². The second-order valence-corrected chi connectivity index (χ2v) is 7.14. The van der Waals surface area contributed by atoms with E-state index in [0.29, 0.717) is 15.8 Å². The maximum absolute atomic E-state index is 13.1. The van der Waals surface area contributed by atoms with Crippen molar-refractivity contribution in [3.05, 3.63) is 70.9 Å². The van der Waals surface area contributed by atoms with Gasteiger partial charge in [-0.3, -0.25) is 4.79 Å². The molecule has 0 amide bonds. The summed E-state index contributed by atoms with van der Waals surface area (Å²) in [7, 11) is 0. The zero-order valence-corrected chi connectivity index (χ0v) is 16.0. The lowest BCUT2D eigenvalue weighted by molar-refractivity contribution is -0.134. The number of aliphatic carboxylic acids is 2. The van der Waals surface area contributed by atoms with Crippen molar-refractivity contribution in [3.8, 4) is 11.5 Å². The minimum absolute atomic E-state index is 0.135. The van der Waals surface area contributed by atoms with E-state index in [1.54, 1.807) is 30.3 Å². The average molecular weight is 412 g/mol. The molecule has 1 aromatic heterocycles. The zero-order chi connectivity index (χ0) is 21.1. The van der Waals surface area contributed by atoms with Crippen LogP contribution < -0.4 is 14.9 Å². The van der Waals surface area contributed by atoms with Crippen molar-refractivity contribution in [2.75, 3.05) is 13.2 Å². The first-order valence-corrected chi connectivity index (χ1v) is 9.17. The molecule has 0 aliphatic carbocycles. The number of rotatable bonds is 8. The average Bonchev–Trinajstić information content (AvgIpc) is 2.70. The third-order valence-corrected chi connectivity index (χ3v) is 5.25. The minimum Gasteiger partial charge on any atom is -0.488 e. The molecule has 0 atom stereocenters. The molecule has 8 heteroatoms. The molecular weight excluding hydrogens is 396 g/mol. The van der Waals surface area contributed by atoms with Crippen molar-refractivity contribution in [3.63, 3.8) is 0 Å². The Morgan fingerprint density at radius 3 is 2.07 bits per heavy atom. The van der Waals surface area contributed by atoms with Gasteiger partial charge in [0, 0.05) is 10.1 Å². The van der Waals surface area contributed by atoms with Gasteiger partial charge in [-0.15, -0.1) is 11.3 Å². The number of carbonyl (C=O) groups is 2. The highest BCUT2D eigenvalue weighted by molar-refractivity contribution is 7.25. The topological polar surface area (TPSA) is 110 Å². The van der Waals surface area contributed by atoms with Crippen LogP contribution in [0.15, 0.2) is 65.5 Å². The summed E-state index contributed by atoms with van der Waals surface area (Å²) in [6.07, 6.45) is 0. The minimum atomic E-state index is -1.20. The molecule has 2 N–H and O–H groups in total. The van der Waals surface area contributed by atoms with E-state index >= 15 is 0 Å². The van der Waals surface area contributed by atoms with Gasteiger partial charge < -0.3 is 19.7 Å². The van der Waals surface area contributed by atoms with Gasteiger partial charge in [0.25, 0.3) is 0 Å². The largest absolute Gasteiger partial charge is 0.488 e. The van der Waals surface area contributed by atoms with Crippen molar-refractivity contribution in [2.24, 2.45) is 0 Å². The molecule has 0 bridgehead atoms. The Morgan fingerprint density at radius 2 is 1.45 bits per heavy atom. The maximum atomic E-state index is 13.1. The highest BCUT2D eigenvalue weighted by atomic mass is 32.1. The van der Waals surface area contributed by atoms with Crippen LogP contribution in [0.4, 0.5) is 0 Å². The Balaban J connectivity index is 2.14. The molecular formula is C21H16O7S. The van der Waals surface area contributed by atoms with Gasteiger partial charge in [0.2, 0.25) is 0 Å². The molecule has 0 fully saturated rings. The van der Waals surface area contributed by atoms with Crippen LogP contribution in [0.3, 0.4) is 0 Å². The van der Waals surface area contributed by atoms with Crippen LogP contribution in [0.2, 0.25) is 0 Å². The number of benzene rings is 2.